The van der Waals surface area contributed by atoms with Gasteiger partial charge >= 0.3 is 0 Å². The molecule has 1 saturated carbocycles. The largest absolute Gasteiger partial charge is 0.378 e. The zero-order valence-electron chi connectivity index (χ0n) is 11.7. The molecule has 100 valence electrons. The maximum absolute atomic E-state index is 6.21. The van der Waals surface area contributed by atoms with E-state index in [1.807, 2.05) is 0 Å². The minimum absolute atomic E-state index is 0.534. The monoisotopic (exact) mass is 239 g/mol. The van der Waals surface area contributed by atoms with Gasteiger partial charge in [0.25, 0.3) is 0 Å². The van der Waals surface area contributed by atoms with Gasteiger partial charge in [-0.25, -0.2) is 0 Å². The highest BCUT2D eigenvalue weighted by molar-refractivity contribution is 4.82. The van der Waals surface area contributed by atoms with Gasteiger partial charge in [0.15, 0.2) is 0 Å². The quantitative estimate of drug-likeness (QED) is 0.796. The van der Waals surface area contributed by atoms with Crippen molar-refractivity contribution in [2.75, 3.05) is 19.7 Å². The highest BCUT2D eigenvalue weighted by Gasteiger charge is 2.31. The Balaban J connectivity index is 1.73. The van der Waals surface area contributed by atoms with Crippen LogP contribution in [0, 0.1) is 23.7 Å². The van der Waals surface area contributed by atoms with Gasteiger partial charge in [0.2, 0.25) is 0 Å². The lowest BCUT2D eigenvalue weighted by molar-refractivity contribution is -0.0437. The van der Waals surface area contributed by atoms with Crippen LogP contribution in [-0.4, -0.2) is 25.8 Å². The molecule has 0 bridgehead atoms. The summed E-state index contributed by atoms with van der Waals surface area (Å²) in [5.41, 5.74) is 0. The minimum atomic E-state index is 0.534. The second-order valence-corrected chi connectivity index (χ2v) is 6.55. The zero-order chi connectivity index (χ0) is 12.3. The molecule has 0 amide bonds. The summed E-state index contributed by atoms with van der Waals surface area (Å²) >= 11 is 0. The van der Waals surface area contributed by atoms with Gasteiger partial charge < -0.3 is 10.1 Å². The van der Waals surface area contributed by atoms with Crippen molar-refractivity contribution < 1.29 is 4.74 Å². The molecule has 0 aromatic rings. The molecule has 1 saturated heterocycles. The third kappa shape index (κ3) is 3.69. The van der Waals surface area contributed by atoms with E-state index in [2.05, 4.69) is 26.1 Å². The normalized spacial score (nSPS) is 34.9. The average molecular weight is 239 g/mol. The summed E-state index contributed by atoms with van der Waals surface area (Å²) in [6.45, 7) is 10.5. The lowest BCUT2D eigenvalue weighted by Gasteiger charge is -2.37. The summed E-state index contributed by atoms with van der Waals surface area (Å²) < 4.78 is 6.21. The number of hydrogen-bond acceptors (Lipinski definition) is 2. The van der Waals surface area contributed by atoms with Gasteiger partial charge in [0.1, 0.15) is 0 Å². The minimum Gasteiger partial charge on any atom is -0.378 e. The Bertz CT molecular complexity index is 225. The molecule has 0 spiro atoms. The highest BCUT2D eigenvalue weighted by Crippen LogP contribution is 2.35. The molecule has 0 radical (unpaired) electrons. The van der Waals surface area contributed by atoms with Crippen LogP contribution in [0.25, 0.3) is 0 Å². The van der Waals surface area contributed by atoms with Gasteiger partial charge in [-0.1, -0.05) is 27.2 Å². The van der Waals surface area contributed by atoms with E-state index in [1.165, 1.54) is 38.8 Å². The number of ether oxygens (including phenoxy) is 1. The van der Waals surface area contributed by atoms with Crippen LogP contribution < -0.4 is 5.32 Å². The molecule has 2 heteroatoms. The van der Waals surface area contributed by atoms with E-state index in [0.29, 0.717) is 6.10 Å². The predicted octanol–water partition coefficient (Wildman–Crippen LogP) is 3.07. The smallest absolute Gasteiger partial charge is 0.0608 e. The van der Waals surface area contributed by atoms with Crippen molar-refractivity contribution >= 4 is 0 Å². The first kappa shape index (κ1) is 13.4. The molecule has 0 aromatic heterocycles. The Kier molecular flexibility index (Phi) is 4.87. The molecular weight excluding hydrogens is 210 g/mol. The van der Waals surface area contributed by atoms with E-state index in [1.54, 1.807) is 0 Å². The Labute approximate surface area is 107 Å². The van der Waals surface area contributed by atoms with Gasteiger partial charge in [0.05, 0.1) is 6.10 Å². The molecule has 2 aliphatic rings. The summed E-state index contributed by atoms with van der Waals surface area (Å²) in [5.74, 6) is 3.32. The second kappa shape index (κ2) is 6.19. The van der Waals surface area contributed by atoms with E-state index in [4.69, 9.17) is 4.74 Å². The molecular formula is C15H29NO. The summed E-state index contributed by atoms with van der Waals surface area (Å²) in [7, 11) is 0. The Morgan fingerprint density at radius 3 is 2.59 bits per heavy atom. The molecule has 0 aromatic carbocycles. The van der Waals surface area contributed by atoms with E-state index < -0.39 is 0 Å². The van der Waals surface area contributed by atoms with Crippen molar-refractivity contribution in [3.8, 4) is 0 Å². The third-order valence-electron chi connectivity index (χ3n) is 4.69. The van der Waals surface area contributed by atoms with Crippen LogP contribution in [0.3, 0.4) is 0 Å². The summed E-state index contributed by atoms with van der Waals surface area (Å²) in [6.07, 6.45) is 5.84. The fourth-order valence-electron chi connectivity index (χ4n) is 3.25. The zero-order valence-corrected chi connectivity index (χ0v) is 11.7. The van der Waals surface area contributed by atoms with Crippen LogP contribution in [0.4, 0.5) is 0 Å². The molecule has 3 unspecified atom stereocenters. The number of rotatable bonds is 5. The fraction of sp³-hybridized carbons (Fsp3) is 1.00. The maximum atomic E-state index is 6.21. The van der Waals surface area contributed by atoms with E-state index in [9.17, 15) is 0 Å². The number of hydrogen-bond donors (Lipinski definition) is 1. The highest BCUT2D eigenvalue weighted by atomic mass is 16.5. The first-order chi connectivity index (χ1) is 8.16. The van der Waals surface area contributed by atoms with Crippen molar-refractivity contribution in [2.24, 2.45) is 23.7 Å². The molecule has 2 nitrogen and oxygen atoms in total. The Morgan fingerprint density at radius 1 is 1.24 bits per heavy atom. The van der Waals surface area contributed by atoms with Crippen LogP contribution in [0.5, 0.6) is 0 Å². The summed E-state index contributed by atoms with van der Waals surface area (Å²) in [6, 6.07) is 0. The fourth-order valence-corrected chi connectivity index (χ4v) is 3.25. The topological polar surface area (TPSA) is 21.3 Å². The third-order valence-corrected chi connectivity index (χ3v) is 4.69. The molecule has 2 rings (SSSR count). The first-order valence-electron chi connectivity index (χ1n) is 7.49. The van der Waals surface area contributed by atoms with Gasteiger partial charge in [-0.2, -0.15) is 0 Å². The summed E-state index contributed by atoms with van der Waals surface area (Å²) in [4.78, 5) is 0. The van der Waals surface area contributed by atoms with Crippen molar-refractivity contribution in [3.05, 3.63) is 0 Å². The van der Waals surface area contributed by atoms with Crippen LogP contribution >= 0.6 is 0 Å². The first-order valence-corrected chi connectivity index (χ1v) is 7.49. The maximum Gasteiger partial charge on any atom is 0.0608 e. The predicted molar refractivity (Wildman–Crippen MR) is 72.1 cm³/mol. The average Bonchev–Trinajstić information content (AvgIpc) is 2.21. The van der Waals surface area contributed by atoms with Gasteiger partial charge in [-0.15, -0.1) is 0 Å². The Morgan fingerprint density at radius 2 is 2.00 bits per heavy atom. The van der Waals surface area contributed by atoms with E-state index in [0.717, 1.165) is 30.3 Å². The molecule has 3 atom stereocenters. The van der Waals surface area contributed by atoms with Crippen molar-refractivity contribution in [1.82, 2.24) is 5.32 Å². The molecule has 1 aliphatic carbocycles. The van der Waals surface area contributed by atoms with Crippen LogP contribution in [0.1, 0.15) is 46.5 Å². The Hall–Kier alpha value is -0.0800. The van der Waals surface area contributed by atoms with Crippen molar-refractivity contribution in [2.45, 2.75) is 52.6 Å². The van der Waals surface area contributed by atoms with Crippen molar-refractivity contribution in [3.63, 3.8) is 0 Å². The van der Waals surface area contributed by atoms with E-state index in [-0.39, 0.29) is 0 Å². The number of nitrogens with one attached hydrogen (secondary N) is 1. The van der Waals surface area contributed by atoms with E-state index >= 15 is 0 Å². The SMILES string of the molecule is CC1CCC(C(C)C)C(OCCC2CNC2)C1. The second-order valence-electron chi connectivity index (χ2n) is 6.55. The summed E-state index contributed by atoms with van der Waals surface area (Å²) in [5, 5.41) is 3.33. The van der Waals surface area contributed by atoms with Crippen LogP contribution in [0.15, 0.2) is 0 Å². The lowest BCUT2D eigenvalue weighted by Crippen LogP contribution is -2.43. The van der Waals surface area contributed by atoms with Gasteiger partial charge in [-0.3, -0.25) is 0 Å². The molecule has 17 heavy (non-hydrogen) atoms. The standard InChI is InChI=1S/C15H29NO/c1-11(2)14-5-4-12(3)8-15(14)17-7-6-13-9-16-10-13/h11-16H,4-10H2,1-3H3. The molecule has 1 heterocycles. The van der Waals surface area contributed by atoms with Crippen LogP contribution in [-0.2, 0) is 4.74 Å². The van der Waals surface area contributed by atoms with Crippen molar-refractivity contribution in [1.29, 1.82) is 0 Å². The lowest BCUT2D eigenvalue weighted by atomic mass is 9.75. The van der Waals surface area contributed by atoms with Gasteiger partial charge in [-0.05, 0) is 56.0 Å². The van der Waals surface area contributed by atoms with Crippen LogP contribution in [0.2, 0.25) is 0 Å². The molecule has 1 aliphatic heterocycles. The molecule has 2 fully saturated rings. The van der Waals surface area contributed by atoms with Gasteiger partial charge in [0, 0.05) is 6.61 Å². The molecule has 1 N–H and O–H groups in total.